The SMILES string of the molecule is C=CN=CC(C)(C)NC=C. The highest BCUT2D eigenvalue weighted by Gasteiger charge is 2.09. The third-order valence-electron chi connectivity index (χ3n) is 0.977. The first-order chi connectivity index (χ1) is 4.62. The van der Waals surface area contributed by atoms with Crippen molar-refractivity contribution in [3.8, 4) is 0 Å². The quantitative estimate of drug-likeness (QED) is 0.588. The standard InChI is InChI=1S/C8H14N2/c1-5-9-7-8(3,4)10-6-2/h5-7,10H,1-2H2,3-4H3. The third-order valence-corrected chi connectivity index (χ3v) is 0.977. The van der Waals surface area contributed by atoms with Crippen LogP contribution in [0.5, 0.6) is 0 Å². The molecule has 0 unspecified atom stereocenters. The zero-order chi connectivity index (χ0) is 8.04. The Morgan fingerprint density at radius 1 is 1.40 bits per heavy atom. The summed E-state index contributed by atoms with van der Waals surface area (Å²) in [5, 5.41) is 3.02. The van der Waals surface area contributed by atoms with Crippen molar-refractivity contribution >= 4 is 6.21 Å². The van der Waals surface area contributed by atoms with Crippen LogP contribution in [0.1, 0.15) is 13.8 Å². The fourth-order valence-corrected chi connectivity index (χ4v) is 0.539. The van der Waals surface area contributed by atoms with E-state index in [4.69, 9.17) is 0 Å². The van der Waals surface area contributed by atoms with Crippen LogP contribution < -0.4 is 5.32 Å². The highest BCUT2D eigenvalue weighted by molar-refractivity contribution is 5.69. The van der Waals surface area contributed by atoms with Gasteiger partial charge in [-0.3, -0.25) is 4.99 Å². The Hall–Kier alpha value is -1.05. The Morgan fingerprint density at radius 3 is 2.40 bits per heavy atom. The maximum absolute atomic E-state index is 3.89. The van der Waals surface area contributed by atoms with Crippen LogP contribution in [0.4, 0.5) is 0 Å². The fraction of sp³-hybridized carbons (Fsp3) is 0.375. The van der Waals surface area contributed by atoms with Gasteiger partial charge < -0.3 is 5.32 Å². The van der Waals surface area contributed by atoms with Crippen LogP contribution in [0.15, 0.2) is 30.6 Å². The molecular weight excluding hydrogens is 124 g/mol. The van der Waals surface area contributed by atoms with Gasteiger partial charge in [-0.2, -0.15) is 0 Å². The number of nitrogens with one attached hydrogen (secondary N) is 1. The molecule has 56 valence electrons. The second-order valence-electron chi connectivity index (χ2n) is 2.53. The summed E-state index contributed by atoms with van der Waals surface area (Å²) in [6, 6.07) is 0. The smallest absolute Gasteiger partial charge is 0.0665 e. The molecule has 0 saturated heterocycles. The largest absolute Gasteiger partial charge is 0.381 e. The molecule has 0 rings (SSSR count). The number of rotatable bonds is 4. The average molecular weight is 138 g/mol. The molecule has 0 bridgehead atoms. The summed E-state index contributed by atoms with van der Waals surface area (Å²) in [5.74, 6) is 0. The van der Waals surface area contributed by atoms with E-state index in [0.717, 1.165) is 0 Å². The van der Waals surface area contributed by atoms with E-state index >= 15 is 0 Å². The summed E-state index contributed by atoms with van der Waals surface area (Å²) in [6.07, 6.45) is 4.93. The lowest BCUT2D eigenvalue weighted by Crippen LogP contribution is -2.36. The fourth-order valence-electron chi connectivity index (χ4n) is 0.539. The van der Waals surface area contributed by atoms with E-state index < -0.39 is 0 Å². The van der Waals surface area contributed by atoms with Crippen molar-refractivity contribution in [3.05, 3.63) is 25.6 Å². The van der Waals surface area contributed by atoms with Crippen LogP contribution in [0, 0.1) is 0 Å². The molecular formula is C8H14N2. The zero-order valence-electron chi connectivity index (χ0n) is 6.59. The van der Waals surface area contributed by atoms with Gasteiger partial charge in [0.25, 0.3) is 0 Å². The second kappa shape index (κ2) is 3.88. The summed E-state index contributed by atoms with van der Waals surface area (Å²) in [6.45, 7) is 11.0. The van der Waals surface area contributed by atoms with Gasteiger partial charge in [-0.1, -0.05) is 13.2 Å². The lowest BCUT2D eigenvalue weighted by molar-refractivity contribution is 0.604. The molecule has 0 amide bonds. The number of hydrogen-bond acceptors (Lipinski definition) is 2. The Labute approximate surface area is 62.4 Å². The second-order valence-corrected chi connectivity index (χ2v) is 2.53. The van der Waals surface area contributed by atoms with Crippen molar-refractivity contribution in [3.63, 3.8) is 0 Å². The Balaban J connectivity index is 3.96. The van der Waals surface area contributed by atoms with Gasteiger partial charge in [0, 0.05) is 12.4 Å². The predicted octanol–water partition coefficient (Wildman–Crippen LogP) is 1.71. The van der Waals surface area contributed by atoms with E-state index in [0.29, 0.717) is 0 Å². The molecule has 0 fully saturated rings. The molecule has 0 aromatic rings. The van der Waals surface area contributed by atoms with Gasteiger partial charge in [0.15, 0.2) is 0 Å². The molecule has 0 aromatic heterocycles. The van der Waals surface area contributed by atoms with Gasteiger partial charge in [-0.25, -0.2) is 0 Å². The van der Waals surface area contributed by atoms with Crippen LogP contribution in [0.25, 0.3) is 0 Å². The van der Waals surface area contributed by atoms with Crippen LogP contribution in [-0.2, 0) is 0 Å². The maximum atomic E-state index is 3.89. The number of hydrogen-bond donors (Lipinski definition) is 1. The minimum Gasteiger partial charge on any atom is -0.381 e. The van der Waals surface area contributed by atoms with Gasteiger partial charge in [0.05, 0.1) is 5.54 Å². The molecule has 1 N–H and O–H groups in total. The lowest BCUT2D eigenvalue weighted by atomic mass is 10.1. The van der Waals surface area contributed by atoms with E-state index in [1.165, 1.54) is 6.20 Å². The van der Waals surface area contributed by atoms with Gasteiger partial charge in [-0.15, -0.1) is 0 Å². The minimum absolute atomic E-state index is 0.129. The molecule has 0 saturated carbocycles. The molecule has 0 atom stereocenters. The average Bonchev–Trinajstić information content (AvgIpc) is 1.84. The molecule has 0 aliphatic rings. The first-order valence-electron chi connectivity index (χ1n) is 3.16. The van der Waals surface area contributed by atoms with Gasteiger partial charge >= 0.3 is 0 Å². The zero-order valence-corrected chi connectivity index (χ0v) is 6.59. The van der Waals surface area contributed by atoms with E-state index in [-0.39, 0.29) is 5.54 Å². The van der Waals surface area contributed by atoms with E-state index in [1.54, 1.807) is 12.4 Å². The number of aliphatic imine (C=N–C) groups is 1. The molecule has 10 heavy (non-hydrogen) atoms. The van der Waals surface area contributed by atoms with Crippen molar-refractivity contribution in [2.45, 2.75) is 19.4 Å². The Kier molecular flexibility index (Phi) is 3.47. The molecule has 0 aliphatic carbocycles. The number of nitrogens with zero attached hydrogens (tertiary/aromatic N) is 1. The molecule has 0 spiro atoms. The molecule has 2 nitrogen and oxygen atoms in total. The van der Waals surface area contributed by atoms with E-state index in [2.05, 4.69) is 23.5 Å². The monoisotopic (exact) mass is 138 g/mol. The van der Waals surface area contributed by atoms with Crippen LogP contribution >= 0.6 is 0 Å². The molecule has 2 heteroatoms. The van der Waals surface area contributed by atoms with E-state index in [9.17, 15) is 0 Å². The molecule has 0 aliphatic heterocycles. The van der Waals surface area contributed by atoms with Crippen LogP contribution in [-0.4, -0.2) is 11.8 Å². The van der Waals surface area contributed by atoms with Crippen molar-refractivity contribution in [1.29, 1.82) is 0 Å². The maximum Gasteiger partial charge on any atom is 0.0665 e. The van der Waals surface area contributed by atoms with Crippen molar-refractivity contribution < 1.29 is 0 Å². The summed E-state index contributed by atoms with van der Waals surface area (Å²) < 4.78 is 0. The summed E-state index contributed by atoms with van der Waals surface area (Å²) in [5.41, 5.74) is -0.129. The first kappa shape index (κ1) is 8.95. The Bertz CT molecular complexity index is 145. The van der Waals surface area contributed by atoms with Gasteiger partial charge in [0.1, 0.15) is 0 Å². The van der Waals surface area contributed by atoms with Gasteiger partial charge in [-0.05, 0) is 20.0 Å². The molecule has 0 heterocycles. The highest BCUT2D eigenvalue weighted by atomic mass is 14.9. The first-order valence-corrected chi connectivity index (χ1v) is 3.16. The lowest BCUT2D eigenvalue weighted by Gasteiger charge is -2.18. The topological polar surface area (TPSA) is 24.4 Å². The summed E-state index contributed by atoms with van der Waals surface area (Å²) in [7, 11) is 0. The minimum atomic E-state index is -0.129. The molecule has 0 aromatic carbocycles. The Morgan fingerprint density at radius 2 is 2.00 bits per heavy atom. The van der Waals surface area contributed by atoms with Gasteiger partial charge in [0.2, 0.25) is 0 Å². The normalized spacial score (nSPS) is 11.4. The van der Waals surface area contributed by atoms with Crippen molar-refractivity contribution in [1.82, 2.24) is 5.32 Å². The van der Waals surface area contributed by atoms with Crippen LogP contribution in [0.3, 0.4) is 0 Å². The van der Waals surface area contributed by atoms with E-state index in [1.807, 2.05) is 13.8 Å². The van der Waals surface area contributed by atoms with Crippen LogP contribution in [0.2, 0.25) is 0 Å². The van der Waals surface area contributed by atoms with Crippen molar-refractivity contribution in [2.24, 2.45) is 4.99 Å². The third kappa shape index (κ3) is 3.89. The summed E-state index contributed by atoms with van der Waals surface area (Å²) in [4.78, 5) is 3.89. The predicted molar refractivity (Wildman–Crippen MR) is 46.1 cm³/mol. The highest BCUT2D eigenvalue weighted by Crippen LogP contribution is 1.96. The summed E-state index contributed by atoms with van der Waals surface area (Å²) >= 11 is 0. The molecule has 0 radical (unpaired) electrons. The van der Waals surface area contributed by atoms with Crippen molar-refractivity contribution in [2.75, 3.05) is 0 Å².